The first-order chi connectivity index (χ1) is 13.8. The van der Waals surface area contributed by atoms with E-state index in [-0.39, 0.29) is 0 Å². The van der Waals surface area contributed by atoms with Gasteiger partial charge in [0.2, 0.25) is 0 Å². The van der Waals surface area contributed by atoms with Gasteiger partial charge < -0.3 is 9.47 Å². The summed E-state index contributed by atoms with van der Waals surface area (Å²) in [5.41, 5.74) is 4.26. The molecular formula is C22H21ClN4S. The summed E-state index contributed by atoms with van der Waals surface area (Å²) in [5, 5.41) is 2.79. The van der Waals surface area contributed by atoms with Crippen LogP contribution >= 0.6 is 22.9 Å². The van der Waals surface area contributed by atoms with Crippen molar-refractivity contribution >= 4 is 39.8 Å². The van der Waals surface area contributed by atoms with Gasteiger partial charge in [0, 0.05) is 29.7 Å². The Hall–Kier alpha value is -2.37. The normalized spacial score (nSPS) is 14.7. The molecule has 28 heavy (non-hydrogen) atoms. The predicted octanol–water partition coefficient (Wildman–Crippen LogP) is 5.85. The quantitative estimate of drug-likeness (QED) is 0.424. The molecule has 0 amide bonds. The maximum absolute atomic E-state index is 6.55. The Morgan fingerprint density at radius 3 is 2.75 bits per heavy atom. The Bertz CT molecular complexity index is 1100. The average Bonchev–Trinajstić information content (AvgIpc) is 3.39. The molecule has 1 saturated heterocycles. The zero-order chi connectivity index (χ0) is 18.9. The number of anilines is 1. The minimum Gasteiger partial charge on any atom is -0.357 e. The van der Waals surface area contributed by atoms with Crippen LogP contribution in [0.2, 0.25) is 5.02 Å². The molecule has 0 aliphatic carbocycles. The van der Waals surface area contributed by atoms with Crippen molar-refractivity contribution in [2.24, 2.45) is 0 Å². The number of thiophene rings is 1. The van der Waals surface area contributed by atoms with Crippen LogP contribution in [-0.2, 0) is 6.54 Å². The molecule has 3 aromatic heterocycles. The molecule has 142 valence electrons. The summed E-state index contributed by atoms with van der Waals surface area (Å²) >= 11 is 8.31. The smallest absolute Gasteiger partial charge is 0.129 e. The summed E-state index contributed by atoms with van der Waals surface area (Å²) in [6, 6.07) is 12.7. The van der Waals surface area contributed by atoms with Gasteiger partial charge in [0.15, 0.2) is 0 Å². The van der Waals surface area contributed by atoms with E-state index in [1.807, 2.05) is 6.33 Å². The summed E-state index contributed by atoms with van der Waals surface area (Å²) < 4.78 is 2.20. The Labute approximate surface area is 173 Å². The number of halogens is 1. The molecule has 5 rings (SSSR count). The number of nitrogens with zero attached hydrogens (tertiary/aromatic N) is 4. The van der Waals surface area contributed by atoms with Gasteiger partial charge in [0.05, 0.1) is 28.9 Å². The van der Waals surface area contributed by atoms with Gasteiger partial charge in [-0.3, -0.25) is 0 Å². The molecule has 1 fully saturated rings. The summed E-state index contributed by atoms with van der Waals surface area (Å²) in [6.07, 6.45) is 7.47. The van der Waals surface area contributed by atoms with Crippen LogP contribution in [0, 0.1) is 0 Å². The highest BCUT2D eigenvalue weighted by Gasteiger charge is 2.15. The van der Waals surface area contributed by atoms with Crippen molar-refractivity contribution in [1.29, 1.82) is 0 Å². The van der Waals surface area contributed by atoms with E-state index < -0.39 is 0 Å². The second-order valence-corrected chi connectivity index (χ2v) is 8.66. The van der Waals surface area contributed by atoms with Gasteiger partial charge in [-0.1, -0.05) is 23.7 Å². The third kappa shape index (κ3) is 3.40. The maximum Gasteiger partial charge on any atom is 0.129 e. The van der Waals surface area contributed by atoms with Crippen molar-refractivity contribution in [3.8, 4) is 11.1 Å². The molecule has 4 nitrogen and oxygen atoms in total. The number of aromatic nitrogens is 3. The van der Waals surface area contributed by atoms with Crippen molar-refractivity contribution in [3.63, 3.8) is 0 Å². The molecule has 1 aromatic carbocycles. The van der Waals surface area contributed by atoms with E-state index in [9.17, 15) is 0 Å². The Morgan fingerprint density at radius 1 is 1.04 bits per heavy atom. The molecule has 0 unspecified atom stereocenters. The number of fused-ring (bicyclic) bond motifs is 1. The molecule has 6 heteroatoms. The van der Waals surface area contributed by atoms with Gasteiger partial charge in [-0.2, -0.15) is 0 Å². The van der Waals surface area contributed by atoms with E-state index in [2.05, 4.69) is 61.2 Å². The zero-order valence-corrected chi connectivity index (χ0v) is 17.1. The first kappa shape index (κ1) is 17.7. The lowest BCUT2D eigenvalue weighted by atomic mass is 10.1. The van der Waals surface area contributed by atoms with Crippen molar-refractivity contribution in [2.75, 3.05) is 18.0 Å². The van der Waals surface area contributed by atoms with Crippen LogP contribution < -0.4 is 4.90 Å². The van der Waals surface area contributed by atoms with Gasteiger partial charge in [-0.25, -0.2) is 9.97 Å². The van der Waals surface area contributed by atoms with E-state index in [1.54, 1.807) is 17.5 Å². The zero-order valence-electron chi connectivity index (χ0n) is 15.5. The third-order valence-corrected chi connectivity index (χ3v) is 6.52. The topological polar surface area (TPSA) is 34.0 Å². The number of imidazole rings is 1. The molecule has 4 aromatic rings. The van der Waals surface area contributed by atoms with Crippen molar-refractivity contribution in [3.05, 3.63) is 64.2 Å². The van der Waals surface area contributed by atoms with Crippen LogP contribution in [0.15, 0.2) is 54.3 Å². The lowest BCUT2D eigenvalue weighted by Gasteiger charge is -2.28. The van der Waals surface area contributed by atoms with E-state index in [1.165, 1.54) is 24.1 Å². The highest BCUT2D eigenvalue weighted by molar-refractivity contribution is 7.09. The van der Waals surface area contributed by atoms with Crippen molar-refractivity contribution in [1.82, 2.24) is 14.5 Å². The molecule has 4 heterocycles. The van der Waals surface area contributed by atoms with Crippen LogP contribution in [0.4, 0.5) is 5.82 Å². The van der Waals surface area contributed by atoms with E-state index in [4.69, 9.17) is 11.6 Å². The summed E-state index contributed by atoms with van der Waals surface area (Å²) in [4.78, 5) is 12.8. The van der Waals surface area contributed by atoms with Crippen LogP contribution in [0.1, 0.15) is 24.1 Å². The fourth-order valence-corrected chi connectivity index (χ4v) is 4.78. The molecule has 0 N–H and O–H groups in total. The number of benzene rings is 1. The van der Waals surface area contributed by atoms with Gasteiger partial charge in [0.1, 0.15) is 5.82 Å². The minimum atomic E-state index is 0.685. The number of rotatable bonds is 4. The fourth-order valence-electron chi connectivity index (χ4n) is 3.87. The summed E-state index contributed by atoms with van der Waals surface area (Å²) in [5.74, 6) is 1.02. The van der Waals surface area contributed by atoms with Crippen LogP contribution in [-0.4, -0.2) is 27.6 Å². The predicted molar refractivity (Wildman–Crippen MR) is 117 cm³/mol. The van der Waals surface area contributed by atoms with E-state index in [0.717, 1.165) is 47.6 Å². The number of piperidine rings is 1. The Kier molecular flexibility index (Phi) is 4.79. The fraction of sp³-hybridized carbons (Fsp3) is 0.273. The Morgan fingerprint density at radius 2 is 1.93 bits per heavy atom. The second kappa shape index (κ2) is 7.57. The summed E-state index contributed by atoms with van der Waals surface area (Å²) in [6.45, 7) is 2.97. The second-order valence-electron chi connectivity index (χ2n) is 7.23. The van der Waals surface area contributed by atoms with Gasteiger partial charge in [-0.05, 0) is 54.5 Å². The molecular weight excluding hydrogens is 388 g/mol. The molecule has 0 spiro atoms. The minimum absolute atomic E-state index is 0.685. The number of hydrogen-bond donors (Lipinski definition) is 0. The molecule has 1 aliphatic rings. The maximum atomic E-state index is 6.55. The van der Waals surface area contributed by atoms with Crippen molar-refractivity contribution in [2.45, 2.75) is 25.8 Å². The van der Waals surface area contributed by atoms with E-state index >= 15 is 0 Å². The van der Waals surface area contributed by atoms with Crippen LogP contribution in [0.5, 0.6) is 0 Å². The largest absolute Gasteiger partial charge is 0.357 e. The first-order valence-corrected chi connectivity index (χ1v) is 10.9. The van der Waals surface area contributed by atoms with Crippen molar-refractivity contribution < 1.29 is 0 Å². The monoisotopic (exact) mass is 408 g/mol. The SMILES string of the molecule is Clc1cnc(N2CCCCC2)cc1-c1ccc2ncn(Cc3cccs3)c2c1. The number of pyridine rings is 1. The van der Waals surface area contributed by atoms with Gasteiger partial charge in [-0.15, -0.1) is 11.3 Å². The Balaban J connectivity index is 1.53. The lowest BCUT2D eigenvalue weighted by molar-refractivity contribution is 0.573. The molecule has 0 atom stereocenters. The highest BCUT2D eigenvalue weighted by Crippen LogP contribution is 2.33. The first-order valence-electron chi connectivity index (χ1n) is 9.66. The lowest BCUT2D eigenvalue weighted by Crippen LogP contribution is -2.30. The summed E-state index contributed by atoms with van der Waals surface area (Å²) in [7, 11) is 0. The van der Waals surface area contributed by atoms with Gasteiger partial charge in [0.25, 0.3) is 0 Å². The molecule has 0 bridgehead atoms. The molecule has 0 radical (unpaired) electrons. The molecule has 1 aliphatic heterocycles. The standard InChI is InChI=1S/C22H21ClN4S/c23-19-13-24-22(26-8-2-1-3-9-26)12-18(19)16-6-7-20-21(11-16)27(15-25-20)14-17-5-4-10-28-17/h4-7,10-13,15H,1-3,8-9,14H2. The number of hydrogen-bond acceptors (Lipinski definition) is 4. The average molecular weight is 409 g/mol. The van der Waals surface area contributed by atoms with Gasteiger partial charge >= 0.3 is 0 Å². The van der Waals surface area contributed by atoms with E-state index in [0.29, 0.717) is 5.02 Å². The highest BCUT2D eigenvalue weighted by atomic mass is 35.5. The van der Waals surface area contributed by atoms with Crippen LogP contribution in [0.25, 0.3) is 22.2 Å². The molecule has 0 saturated carbocycles. The van der Waals surface area contributed by atoms with Crippen LogP contribution in [0.3, 0.4) is 0 Å². The third-order valence-electron chi connectivity index (χ3n) is 5.36.